The maximum atomic E-state index is 13.3. The molecule has 6 aromatic rings. The van der Waals surface area contributed by atoms with Crippen molar-refractivity contribution in [2.45, 2.75) is 66.8 Å². The van der Waals surface area contributed by atoms with Crippen molar-refractivity contribution in [1.29, 1.82) is 10.8 Å². The van der Waals surface area contributed by atoms with E-state index in [2.05, 4.69) is 46.4 Å². The molecule has 20 heteroatoms. The minimum Gasteiger partial charge on any atom is -0.383 e. The van der Waals surface area contributed by atoms with Gasteiger partial charge in [0.2, 0.25) is 19.7 Å². The van der Waals surface area contributed by atoms with Crippen LogP contribution in [0.15, 0.2) is 86.0 Å². The first-order chi connectivity index (χ1) is 25.6. The molecular weight excluding hydrogens is 937 g/mol. The molecule has 8 rings (SSSR count). The zero-order chi connectivity index (χ0) is 38.7. The van der Waals surface area contributed by atoms with Crippen LogP contribution in [-0.2, 0) is 32.8 Å². The second-order valence-electron chi connectivity index (χ2n) is 13.0. The number of aromatic nitrogens is 4. The highest BCUT2D eigenvalue weighted by Crippen LogP contribution is 2.41. The molecule has 2 saturated carbocycles. The molecule has 0 aliphatic heterocycles. The standard InChI is InChI=1S/2C17H17BrN4O2S3/c1-25-17-14(6-13(26-17)16(19)20)27(23,24)10-4-11(18)15-12(5-10)22(8-21-15)7-9-2-3-9;1-25-17-14(6-13(26-17)16(19)20)27(23,24)10-4-11(18)15-12(5-10)21-8-22(15)7-9-2-3-9/h2*4-6,8-9H,2-3,7H2,1H3,(H3,19,20). The molecule has 12 nitrogen and oxygen atoms in total. The van der Waals surface area contributed by atoms with E-state index in [0.717, 1.165) is 29.6 Å². The van der Waals surface area contributed by atoms with Crippen molar-refractivity contribution >= 4 is 131 Å². The number of imidazole rings is 2. The molecule has 2 aromatic carbocycles. The average molecular weight is 971 g/mol. The molecule has 0 radical (unpaired) electrons. The van der Waals surface area contributed by atoms with Crippen LogP contribution >= 0.6 is 78.1 Å². The molecule has 0 amide bonds. The Hall–Kier alpha value is -2.72. The van der Waals surface area contributed by atoms with Gasteiger partial charge in [-0.05, 0) is 118 Å². The van der Waals surface area contributed by atoms with Crippen molar-refractivity contribution in [3.63, 3.8) is 0 Å². The first-order valence-corrected chi connectivity index (χ1v) is 25.1. The Morgan fingerprint density at radius 1 is 0.759 bits per heavy atom. The normalized spacial score (nSPS) is 14.7. The second-order valence-corrected chi connectivity index (χ2v) is 22.8. The maximum absolute atomic E-state index is 13.3. The number of sulfone groups is 2. The molecule has 2 fully saturated rings. The second kappa shape index (κ2) is 15.3. The van der Waals surface area contributed by atoms with Gasteiger partial charge in [-0.1, -0.05) is 0 Å². The largest absolute Gasteiger partial charge is 0.383 e. The van der Waals surface area contributed by atoms with Crippen LogP contribution in [0, 0.1) is 22.7 Å². The van der Waals surface area contributed by atoms with Crippen LogP contribution in [0.5, 0.6) is 0 Å². The monoisotopic (exact) mass is 968 g/mol. The Kier molecular flexibility index (Phi) is 11.2. The molecule has 0 bridgehead atoms. The number of fused-ring (bicyclic) bond motifs is 2. The molecule has 54 heavy (non-hydrogen) atoms. The van der Waals surface area contributed by atoms with E-state index >= 15 is 0 Å². The van der Waals surface area contributed by atoms with E-state index in [1.54, 1.807) is 36.9 Å². The number of nitrogens with one attached hydrogen (secondary N) is 2. The summed E-state index contributed by atoms with van der Waals surface area (Å²) < 4.78 is 59.9. The van der Waals surface area contributed by atoms with E-state index in [9.17, 15) is 16.8 Å². The Labute approximate surface area is 345 Å². The third-order valence-corrected chi connectivity index (χ3v) is 18.9. The van der Waals surface area contributed by atoms with Crippen molar-refractivity contribution in [1.82, 2.24) is 19.1 Å². The van der Waals surface area contributed by atoms with E-state index in [-0.39, 0.29) is 31.3 Å². The maximum Gasteiger partial charge on any atom is 0.208 e. The molecule has 6 N–H and O–H groups in total. The summed E-state index contributed by atoms with van der Waals surface area (Å²) >= 11 is 12.1. The molecule has 2 aliphatic rings. The topological polar surface area (TPSA) is 204 Å². The minimum absolute atomic E-state index is 0.129. The van der Waals surface area contributed by atoms with Crippen LogP contribution < -0.4 is 11.5 Å². The lowest BCUT2D eigenvalue weighted by atomic mass is 10.3. The van der Waals surface area contributed by atoms with Crippen molar-refractivity contribution < 1.29 is 16.8 Å². The number of halogens is 2. The first-order valence-electron chi connectivity index (χ1n) is 16.5. The van der Waals surface area contributed by atoms with Crippen LogP contribution in [0.25, 0.3) is 22.1 Å². The van der Waals surface area contributed by atoms with E-state index in [1.807, 2.05) is 17.1 Å². The van der Waals surface area contributed by atoms with Gasteiger partial charge in [-0.25, -0.2) is 26.8 Å². The predicted octanol–water partition coefficient (Wildman–Crippen LogP) is 8.22. The molecule has 0 saturated heterocycles. The minimum atomic E-state index is -3.75. The summed E-state index contributed by atoms with van der Waals surface area (Å²) in [6, 6.07) is 9.53. The van der Waals surface area contributed by atoms with E-state index in [4.69, 9.17) is 22.3 Å². The number of benzene rings is 2. The zero-order valence-corrected chi connectivity index (χ0v) is 36.9. The molecule has 284 valence electrons. The number of nitrogens with zero attached hydrogens (tertiary/aromatic N) is 4. The molecule has 2 aliphatic carbocycles. The van der Waals surface area contributed by atoms with Gasteiger partial charge in [0.05, 0.1) is 67.0 Å². The van der Waals surface area contributed by atoms with Crippen molar-refractivity contribution in [3.05, 3.63) is 67.8 Å². The fraction of sp³-hybridized carbons (Fsp3) is 0.294. The Balaban J connectivity index is 0.000000167. The van der Waals surface area contributed by atoms with Crippen LogP contribution in [0.3, 0.4) is 0 Å². The quantitative estimate of drug-likeness (QED) is 0.0526. The van der Waals surface area contributed by atoms with E-state index < -0.39 is 19.7 Å². The van der Waals surface area contributed by atoms with Crippen molar-refractivity contribution in [2.24, 2.45) is 23.3 Å². The van der Waals surface area contributed by atoms with Gasteiger partial charge < -0.3 is 20.6 Å². The van der Waals surface area contributed by atoms with Crippen LogP contribution in [0.4, 0.5) is 0 Å². The number of nitrogen functional groups attached to an aromatic ring is 2. The molecule has 4 aromatic heterocycles. The lowest BCUT2D eigenvalue weighted by molar-refractivity contribution is 0.593. The molecular formula is C34H34Br2N8O4S6. The fourth-order valence-corrected chi connectivity index (χ4v) is 15.2. The Bertz CT molecular complexity index is 2690. The van der Waals surface area contributed by atoms with Crippen molar-refractivity contribution in [3.8, 4) is 0 Å². The summed E-state index contributed by atoms with van der Waals surface area (Å²) in [5.74, 6) is 1.08. The summed E-state index contributed by atoms with van der Waals surface area (Å²) in [4.78, 5) is 10.5. The summed E-state index contributed by atoms with van der Waals surface area (Å²) in [5, 5.41) is 15.2. The summed E-state index contributed by atoms with van der Waals surface area (Å²) in [5.41, 5.74) is 14.2. The van der Waals surface area contributed by atoms with E-state index in [1.165, 1.54) is 84.0 Å². The smallest absolute Gasteiger partial charge is 0.208 e. The van der Waals surface area contributed by atoms with Gasteiger partial charge in [-0.2, -0.15) is 0 Å². The lowest BCUT2D eigenvalue weighted by Gasteiger charge is -2.08. The molecule has 4 heterocycles. The summed E-state index contributed by atoms with van der Waals surface area (Å²) in [6.45, 7) is 1.76. The third kappa shape index (κ3) is 7.81. The first kappa shape index (κ1) is 39.5. The van der Waals surface area contributed by atoms with Crippen LogP contribution in [0.1, 0.15) is 35.4 Å². The third-order valence-electron chi connectivity index (χ3n) is 9.03. The summed E-state index contributed by atoms with van der Waals surface area (Å²) in [6.07, 6.45) is 12.1. The molecule has 0 spiro atoms. The lowest BCUT2D eigenvalue weighted by Crippen LogP contribution is -2.09. The van der Waals surface area contributed by atoms with Gasteiger partial charge in [0.1, 0.15) is 17.2 Å². The number of rotatable bonds is 12. The number of thiophene rings is 2. The zero-order valence-electron chi connectivity index (χ0n) is 28.8. The van der Waals surface area contributed by atoms with Gasteiger partial charge in [0.25, 0.3) is 0 Å². The van der Waals surface area contributed by atoms with Crippen LogP contribution in [0.2, 0.25) is 0 Å². The van der Waals surface area contributed by atoms with Crippen LogP contribution in [-0.4, -0.2) is 60.1 Å². The highest BCUT2D eigenvalue weighted by molar-refractivity contribution is 9.11. The highest BCUT2D eigenvalue weighted by atomic mass is 79.9. The molecule has 0 unspecified atom stereocenters. The van der Waals surface area contributed by atoms with E-state index in [0.29, 0.717) is 44.5 Å². The Morgan fingerprint density at radius 2 is 1.24 bits per heavy atom. The van der Waals surface area contributed by atoms with Gasteiger partial charge in [-0.15, -0.1) is 46.2 Å². The number of nitrogens with two attached hydrogens (primary N) is 2. The summed E-state index contributed by atoms with van der Waals surface area (Å²) in [7, 11) is -7.50. The number of amidine groups is 2. The molecule has 0 atom stereocenters. The number of hydrogen-bond acceptors (Lipinski definition) is 12. The predicted molar refractivity (Wildman–Crippen MR) is 225 cm³/mol. The number of hydrogen-bond donors (Lipinski definition) is 4. The Morgan fingerprint density at radius 3 is 1.74 bits per heavy atom. The van der Waals surface area contributed by atoms with Gasteiger partial charge in [0, 0.05) is 22.0 Å². The van der Waals surface area contributed by atoms with Gasteiger partial charge in [0.15, 0.2) is 0 Å². The van der Waals surface area contributed by atoms with Crippen molar-refractivity contribution in [2.75, 3.05) is 12.5 Å². The fourth-order valence-electron chi connectivity index (χ4n) is 5.87. The number of thioether (sulfide) groups is 2. The average Bonchev–Trinajstić information content (AvgIpc) is 3.88. The van der Waals surface area contributed by atoms with Gasteiger partial charge >= 0.3 is 0 Å². The highest BCUT2D eigenvalue weighted by Gasteiger charge is 2.29. The SMILES string of the molecule is CSc1sc(C(=N)N)cc1S(=O)(=O)c1cc(Br)c2c(c1)ncn2CC1CC1.CSc1sc(C(=N)N)cc1S(=O)(=O)c1cc(Br)c2ncn(CC3CC3)c2c1. The van der Waals surface area contributed by atoms with Gasteiger partial charge in [-0.3, -0.25) is 10.8 Å².